The van der Waals surface area contributed by atoms with E-state index in [9.17, 15) is 13.2 Å². The molecular formula is C17H19N3O3S. The van der Waals surface area contributed by atoms with Gasteiger partial charge in [0.25, 0.3) is 0 Å². The molecule has 0 bridgehead atoms. The number of imidazole rings is 1. The van der Waals surface area contributed by atoms with Gasteiger partial charge >= 0.3 is 5.69 Å². The second-order valence-electron chi connectivity index (χ2n) is 5.88. The number of fused-ring (bicyclic) bond motifs is 1. The summed E-state index contributed by atoms with van der Waals surface area (Å²) in [5, 5.41) is 0. The van der Waals surface area contributed by atoms with Crippen LogP contribution >= 0.6 is 0 Å². The maximum absolute atomic E-state index is 12.4. The first-order valence-electron chi connectivity index (χ1n) is 7.63. The Bertz CT molecular complexity index is 1050. The van der Waals surface area contributed by atoms with Crippen LogP contribution in [0.25, 0.3) is 11.0 Å². The molecule has 0 aliphatic rings. The first-order chi connectivity index (χ1) is 11.3. The minimum Gasteiger partial charge on any atom is -0.306 e. The molecule has 0 fully saturated rings. The summed E-state index contributed by atoms with van der Waals surface area (Å²) < 4.78 is 27.5. The highest BCUT2D eigenvalue weighted by atomic mass is 32.2. The quantitative estimate of drug-likeness (QED) is 0.660. The minimum absolute atomic E-state index is 0.252. The number of sulfonamides is 1. The Hall–Kier alpha value is -2.38. The molecule has 0 spiro atoms. The van der Waals surface area contributed by atoms with E-state index in [1.807, 2.05) is 31.2 Å². The summed E-state index contributed by atoms with van der Waals surface area (Å²) in [4.78, 5) is 16.9. The van der Waals surface area contributed by atoms with Gasteiger partial charge in [-0.15, -0.1) is 0 Å². The zero-order chi connectivity index (χ0) is 17.3. The van der Waals surface area contributed by atoms with E-state index in [1.165, 1.54) is 0 Å². The molecule has 0 saturated heterocycles. The molecule has 0 unspecified atom stereocenters. The molecule has 1 heterocycles. The standard InChI is InChI=1S/C17H19N3O3S/c1-11-3-4-12(2)16(9-11)24(22,23)18-8-7-13-5-6-14-15(10-13)20-17(21)19-14/h3-6,9-10,18H,7-8H2,1-2H3,(H2,19,20,21). The van der Waals surface area contributed by atoms with E-state index in [2.05, 4.69) is 14.7 Å². The molecular weight excluding hydrogens is 326 g/mol. The lowest BCUT2D eigenvalue weighted by atomic mass is 10.1. The highest BCUT2D eigenvalue weighted by molar-refractivity contribution is 7.89. The van der Waals surface area contributed by atoms with E-state index in [0.29, 0.717) is 11.3 Å². The van der Waals surface area contributed by atoms with E-state index >= 15 is 0 Å². The molecule has 1 aromatic heterocycles. The van der Waals surface area contributed by atoms with Crippen molar-refractivity contribution in [3.05, 3.63) is 63.6 Å². The SMILES string of the molecule is Cc1ccc(C)c(S(=O)(=O)NCCc2ccc3[nH]c(=O)[nH]c3c2)c1. The molecule has 2 aromatic carbocycles. The zero-order valence-electron chi connectivity index (χ0n) is 13.5. The first kappa shape index (κ1) is 16.5. The number of hydrogen-bond acceptors (Lipinski definition) is 3. The predicted octanol–water partition coefficient (Wildman–Crippen LogP) is 1.99. The Balaban J connectivity index is 1.72. The van der Waals surface area contributed by atoms with Gasteiger partial charge in [-0.3, -0.25) is 0 Å². The van der Waals surface area contributed by atoms with Crippen molar-refractivity contribution in [2.75, 3.05) is 6.54 Å². The lowest BCUT2D eigenvalue weighted by Crippen LogP contribution is -2.26. The molecule has 0 aliphatic carbocycles. The number of benzene rings is 2. The van der Waals surface area contributed by atoms with Crippen molar-refractivity contribution in [3.8, 4) is 0 Å². The van der Waals surface area contributed by atoms with E-state index in [1.54, 1.807) is 19.1 Å². The second-order valence-corrected chi connectivity index (χ2v) is 7.61. The fourth-order valence-electron chi connectivity index (χ4n) is 2.64. The number of aromatic nitrogens is 2. The molecule has 3 rings (SSSR count). The average molecular weight is 345 g/mol. The van der Waals surface area contributed by atoms with Crippen LogP contribution < -0.4 is 10.4 Å². The van der Waals surface area contributed by atoms with Crippen LogP contribution in [0, 0.1) is 13.8 Å². The smallest absolute Gasteiger partial charge is 0.306 e. The average Bonchev–Trinajstić information content (AvgIpc) is 2.88. The molecule has 7 heteroatoms. The molecule has 0 amide bonds. The molecule has 126 valence electrons. The van der Waals surface area contributed by atoms with Gasteiger partial charge in [0.2, 0.25) is 10.0 Å². The van der Waals surface area contributed by atoms with Crippen LogP contribution in [-0.2, 0) is 16.4 Å². The predicted molar refractivity (Wildman–Crippen MR) is 93.7 cm³/mol. The zero-order valence-corrected chi connectivity index (χ0v) is 14.3. The van der Waals surface area contributed by atoms with Crippen LogP contribution in [-0.4, -0.2) is 24.9 Å². The molecule has 3 aromatic rings. The van der Waals surface area contributed by atoms with Crippen molar-refractivity contribution in [2.45, 2.75) is 25.2 Å². The van der Waals surface area contributed by atoms with Crippen LogP contribution in [0.2, 0.25) is 0 Å². The van der Waals surface area contributed by atoms with Crippen LogP contribution in [0.5, 0.6) is 0 Å². The van der Waals surface area contributed by atoms with Gasteiger partial charge < -0.3 is 9.97 Å². The number of aryl methyl sites for hydroxylation is 2. The normalized spacial score (nSPS) is 11.9. The van der Waals surface area contributed by atoms with Crippen molar-refractivity contribution in [1.29, 1.82) is 0 Å². The van der Waals surface area contributed by atoms with Gasteiger partial charge in [-0.1, -0.05) is 18.2 Å². The fraction of sp³-hybridized carbons (Fsp3) is 0.235. The lowest BCUT2D eigenvalue weighted by Gasteiger charge is -2.10. The van der Waals surface area contributed by atoms with E-state index in [4.69, 9.17) is 0 Å². The maximum atomic E-state index is 12.4. The largest absolute Gasteiger partial charge is 0.323 e. The minimum atomic E-state index is -3.54. The first-order valence-corrected chi connectivity index (χ1v) is 9.11. The second kappa shape index (κ2) is 6.26. The number of aromatic amines is 2. The van der Waals surface area contributed by atoms with E-state index < -0.39 is 10.0 Å². The molecule has 24 heavy (non-hydrogen) atoms. The molecule has 0 saturated carbocycles. The number of hydrogen-bond donors (Lipinski definition) is 3. The Labute approximate surface area is 140 Å². The van der Waals surface area contributed by atoms with Gasteiger partial charge in [0.1, 0.15) is 0 Å². The summed E-state index contributed by atoms with van der Waals surface area (Å²) >= 11 is 0. The van der Waals surface area contributed by atoms with Gasteiger partial charge in [-0.25, -0.2) is 17.9 Å². The van der Waals surface area contributed by atoms with Crippen LogP contribution in [0.15, 0.2) is 46.1 Å². The van der Waals surface area contributed by atoms with E-state index in [0.717, 1.165) is 27.7 Å². The van der Waals surface area contributed by atoms with Crippen molar-refractivity contribution >= 4 is 21.1 Å². The summed E-state index contributed by atoms with van der Waals surface area (Å²) in [5.74, 6) is 0. The van der Waals surface area contributed by atoms with Crippen molar-refractivity contribution in [3.63, 3.8) is 0 Å². The molecule has 0 aliphatic heterocycles. The van der Waals surface area contributed by atoms with Crippen molar-refractivity contribution < 1.29 is 8.42 Å². The van der Waals surface area contributed by atoms with E-state index in [-0.39, 0.29) is 12.2 Å². The topological polar surface area (TPSA) is 94.8 Å². The monoisotopic (exact) mass is 345 g/mol. The lowest BCUT2D eigenvalue weighted by molar-refractivity contribution is 0.581. The molecule has 0 radical (unpaired) electrons. The number of rotatable bonds is 5. The Morgan fingerprint density at radius 3 is 2.54 bits per heavy atom. The highest BCUT2D eigenvalue weighted by Gasteiger charge is 2.16. The van der Waals surface area contributed by atoms with Gasteiger partial charge in [0.05, 0.1) is 15.9 Å². The number of H-pyrrole nitrogens is 2. The van der Waals surface area contributed by atoms with Crippen LogP contribution in [0.4, 0.5) is 0 Å². The summed E-state index contributed by atoms with van der Waals surface area (Å²) in [6.45, 7) is 3.94. The summed E-state index contributed by atoms with van der Waals surface area (Å²) in [6.07, 6.45) is 0.535. The fourth-order valence-corrected chi connectivity index (χ4v) is 4.00. The Morgan fingerprint density at radius 2 is 1.75 bits per heavy atom. The highest BCUT2D eigenvalue weighted by Crippen LogP contribution is 2.17. The molecule has 0 atom stereocenters. The third kappa shape index (κ3) is 3.42. The molecule has 6 nitrogen and oxygen atoms in total. The number of nitrogens with one attached hydrogen (secondary N) is 3. The summed E-state index contributed by atoms with van der Waals surface area (Å²) in [7, 11) is -3.54. The third-order valence-corrected chi connectivity index (χ3v) is 5.52. The Kier molecular flexibility index (Phi) is 4.29. The summed E-state index contributed by atoms with van der Waals surface area (Å²) in [5.41, 5.74) is 3.77. The van der Waals surface area contributed by atoms with Crippen molar-refractivity contribution in [2.24, 2.45) is 0 Å². The van der Waals surface area contributed by atoms with Gasteiger partial charge in [0, 0.05) is 6.54 Å². The maximum Gasteiger partial charge on any atom is 0.323 e. The summed E-state index contributed by atoms with van der Waals surface area (Å²) in [6, 6.07) is 10.9. The van der Waals surface area contributed by atoms with Crippen molar-refractivity contribution in [1.82, 2.24) is 14.7 Å². The molecule has 3 N–H and O–H groups in total. The third-order valence-electron chi connectivity index (χ3n) is 3.92. The van der Waals surface area contributed by atoms with Gasteiger partial charge in [-0.2, -0.15) is 0 Å². The van der Waals surface area contributed by atoms with Gasteiger partial charge in [-0.05, 0) is 55.2 Å². The Morgan fingerprint density at radius 1 is 1.00 bits per heavy atom. The van der Waals surface area contributed by atoms with Crippen LogP contribution in [0.1, 0.15) is 16.7 Å². The van der Waals surface area contributed by atoms with Gasteiger partial charge in [0.15, 0.2) is 0 Å². The van der Waals surface area contributed by atoms with Crippen LogP contribution in [0.3, 0.4) is 0 Å².